The maximum absolute atomic E-state index is 6.04. The second-order valence-electron chi connectivity index (χ2n) is 4.99. The van der Waals surface area contributed by atoms with Crippen LogP contribution in [0.4, 0.5) is 5.69 Å². The number of para-hydroxylation sites is 1. The van der Waals surface area contributed by atoms with Gasteiger partial charge in [0.05, 0.1) is 12.7 Å². The van der Waals surface area contributed by atoms with E-state index in [1.807, 2.05) is 6.92 Å². The van der Waals surface area contributed by atoms with Gasteiger partial charge in [0.1, 0.15) is 0 Å². The molecule has 0 bridgehead atoms. The molecule has 1 fully saturated rings. The smallest absolute Gasteiger partial charge is 0.0723 e. The van der Waals surface area contributed by atoms with Gasteiger partial charge in [0.25, 0.3) is 0 Å². The highest BCUT2D eigenvalue weighted by Gasteiger charge is 2.25. The van der Waals surface area contributed by atoms with Gasteiger partial charge in [0.2, 0.25) is 0 Å². The molecule has 2 rings (SSSR count). The number of hydrogen-bond donors (Lipinski definition) is 1. The number of nitrogens with two attached hydrogens (primary N) is 1. The van der Waals surface area contributed by atoms with Crippen molar-refractivity contribution in [1.29, 1.82) is 0 Å². The fourth-order valence-corrected chi connectivity index (χ4v) is 2.37. The number of morpholine rings is 1. The van der Waals surface area contributed by atoms with Crippen LogP contribution in [-0.4, -0.2) is 25.3 Å². The Labute approximate surface area is 104 Å². The predicted molar refractivity (Wildman–Crippen MR) is 71.3 cm³/mol. The Bertz CT molecular complexity index is 378. The van der Waals surface area contributed by atoms with E-state index in [2.05, 4.69) is 43.0 Å². The summed E-state index contributed by atoms with van der Waals surface area (Å²) in [7, 11) is 0. The van der Waals surface area contributed by atoms with E-state index in [1.165, 1.54) is 11.3 Å². The fraction of sp³-hybridized carbons (Fsp3) is 0.571. The summed E-state index contributed by atoms with van der Waals surface area (Å²) in [6, 6.07) is 8.88. The molecule has 1 aromatic carbocycles. The van der Waals surface area contributed by atoms with Crippen LogP contribution in [0.2, 0.25) is 0 Å². The van der Waals surface area contributed by atoms with Crippen molar-refractivity contribution in [3.05, 3.63) is 29.8 Å². The average molecular weight is 234 g/mol. The number of hydrogen-bond acceptors (Lipinski definition) is 3. The Morgan fingerprint density at radius 3 is 2.76 bits per heavy atom. The first-order valence-electron chi connectivity index (χ1n) is 6.32. The monoisotopic (exact) mass is 234 g/mol. The van der Waals surface area contributed by atoms with Crippen LogP contribution in [-0.2, 0) is 4.74 Å². The van der Waals surface area contributed by atoms with Crippen molar-refractivity contribution in [3.8, 4) is 0 Å². The third kappa shape index (κ3) is 2.61. The number of ether oxygens (including phenoxy) is 1. The quantitative estimate of drug-likeness (QED) is 0.853. The second kappa shape index (κ2) is 5.07. The van der Waals surface area contributed by atoms with Crippen LogP contribution >= 0.6 is 0 Å². The molecule has 94 valence electrons. The number of anilines is 1. The van der Waals surface area contributed by atoms with Gasteiger partial charge in [-0.2, -0.15) is 0 Å². The third-order valence-electron chi connectivity index (χ3n) is 3.34. The first kappa shape index (κ1) is 12.4. The molecule has 0 aromatic heterocycles. The first-order valence-corrected chi connectivity index (χ1v) is 6.32. The van der Waals surface area contributed by atoms with E-state index in [-0.39, 0.29) is 12.1 Å². The molecule has 0 amide bonds. The lowest BCUT2D eigenvalue weighted by Gasteiger charge is -2.39. The van der Waals surface area contributed by atoms with Gasteiger partial charge in [0, 0.05) is 24.3 Å². The van der Waals surface area contributed by atoms with Gasteiger partial charge in [-0.25, -0.2) is 0 Å². The van der Waals surface area contributed by atoms with Crippen LogP contribution in [0.25, 0.3) is 0 Å². The Morgan fingerprint density at radius 1 is 1.35 bits per heavy atom. The Balaban J connectivity index is 2.31. The number of nitrogens with zero attached hydrogens (tertiary/aromatic N) is 1. The minimum Gasteiger partial charge on any atom is -0.375 e. The molecule has 3 nitrogen and oxygen atoms in total. The van der Waals surface area contributed by atoms with Crippen molar-refractivity contribution in [1.82, 2.24) is 0 Å². The minimum atomic E-state index is 0.0663. The summed E-state index contributed by atoms with van der Waals surface area (Å²) < 4.78 is 5.67. The second-order valence-corrected chi connectivity index (χ2v) is 4.99. The van der Waals surface area contributed by atoms with Crippen LogP contribution in [0.15, 0.2) is 24.3 Å². The lowest BCUT2D eigenvalue weighted by molar-refractivity contribution is 0.0343. The molecule has 0 spiro atoms. The van der Waals surface area contributed by atoms with E-state index < -0.39 is 0 Å². The highest BCUT2D eigenvalue weighted by molar-refractivity contribution is 5.56. The summed E-state index contributed by atoms with van der Waals surface area (Å²) in [4.78, 5) is 2.41. The molecule has 2 unspecified atom stereocenters. The fourth-order valence-electron chi connectivity index (χ4n) is 2.37. The Kier molecular flexibility index (Phi) is 3.69. The summed E-state index contributed by atoms with van der Waals surface area (Å²) in [5.74, 6) is 0. The normalized spacial score (nSPS) is 26.9. The molecular weight excluding hydrogens is 212 g/mol. The molecule has 1 saturated heterocycles. The number of rotatable bonds is 2. The van der Waals surface area contributed by atoms with Gasteiger partial charge >= 0.3 is 0 Å². The summed E-state index contributed by atoms with van der Waals surface area (Å²) in [6.45, 7) is 8.07. The molecule has 1 heterocycles. The van der Waals surface area contributed by atoms with E-state index in [0.717, 1.165) is 13.2 Å². The molecule has 3 heteroatoms. The van der Waals surface area contributed by atoms with Crippen molar-refractivity contribution in [2.75, 3.05) is 18.1 Å². The molecular formula is C14H22N2O. The van der Waals surface area contributed by atoms with Gasteiger partial charge in [-0.3, -0.25) is 0 Å². The summed E-state index contributed by atoms with van der Waals surface area (Å²) in [5.41, 5.74) is 8.51. The lowest BCUT2D eigenvalue weighted by Crippen LogP contribution is -2.48. The molecule has 0 aliphatic carbocycles. The van der Waals surface area contributed by atoms with Crippen LogP contribution in [0, 0.1) is 0 Å². The van der Waals surface area contributed by atoms with Gasteiger partial charge < -0.3 is 15.4 Å². The van der Waals surface area contributed by atoms with E-state index in [1.54, 1.807) is 0 Å². The third-order valence-corrected chi connectivity index (χ3v) is 3.34. The van der Waals surface area contributed by atoms with Crippen LogP contribution in [0.1, 0.15) is 32.4 Å². The highest BCUT2D eigenvalue weighted by Crippen LogP contribution is 2.28. The molecule has 2 N–H and O–H groups in total. The van der Waals surface area contributed by atoms with E-state index in [0.29, 0.717) is 6.04 Å². The Morgan fingerprint density at radius 2 is 2.06 bits per heavy atom. The van der Waals surface area contributed by atoms with Gasteiger partial charge in [-0.1, -0.05) is 18.2 Å². The van der Waals surface area contributed by atoms with Crippen molar-refractivity contribution in [2.45, 2.75) is 39.0 Å². The van der Waals surface area contributed by atoms with Crippen molar-refractivity contribution in [2.24, 2.45) is 5.73 Å². The molecule has 0 radical (unpaired) electrons. The maximum atomic E-state index is 6.04. The summed E-state index contributed by atoms with van der Waals surface area (Å²) in [6.07, 6.45) is 0.285. The van der Waals surface area contributed by atoms with Crippen LogP contribution in [0.5, 0.6) is 0 Å². The Hall–Kier alpha value is -1.06. The van der Waals surface area contributed by atoms with Crippen LogP contribution in [0.3, 0.4) is 0 Å². The standard InChI is InChI=1S/C14H22N2O/c1-10-9-17-11(2)8-16(10)14-7-5-4-6-13(14)12(3)15/h4-7,10-12H,8-9,15H2,1-3H3/t10?,11?,12-/m0/s1. The van der Waals surface area contributed by atoms with Crippen molar-refractivity contribution >= 4 is 5.69 Å². The van der Waals surface area contributed by atoms with Gasteiger partial charge in [-0.15, -0.1) is 0 Å². The summed E-state index contributed by atoms with van der Waals surface area (Å²) in [5, 5.41) is 0. The zero-order chi connectivity index (χ0) is 12.4. The summed E-state index contributed by atoms with van der Waals surface area (Å²) >= 11 is 0. The average Bonchev–Trinajstić information content (AvgIpc) is 2.32. The van der Waals surface area contributed by atoms with Crippen LogP contribution < -0.4 is 10.6 Å². The molecule has 3 atom stereocenters. The highest BCUT2D eigenvalue weighted by atomic mass is 16.5. The zero-order valence-corrected chi connectivity index (χ0v) is 10.9. The van der Waals surface area contributed by atoms with E-state index >= 15 is 0 Å². The molecule has 0 saturated carbocycles. The topological polar surface area (TPSA) is 38.5 Å². The predicted octanol–water partition coefficient (Wildman–Crippen LogP) is 2.32. The maximum Gasteiger partial charge on any atom is 0.0723 e. The largest absolute Gasteiger partial charge is 0.375 e. The molecule has 1 aliphatic rings. The molecule has 1 aliphatic heterocycles. The first-order chi connectivity index (χ1) is 8.09. The number of benzene rings is 1. The molecule has 1 aromatic rings. The van der Waals surface area contributed by atoms with E-state index in [4.69, 9.17) is 10.5 Å². The SMILES string of the molecule is CC1CN(c2ccccc2[C@H](C)N)C(C)CO1. The molecule has 17 heavy (non-hydrogen) atoms. The zero-order valence-electron chi connectivity index (χ0n) is 10.9. The minimum absolute atomic E-state index is 0.0663. The van der Waals surface area contributed by atoms with Crippen molar-refractivity contribution in [3.63, 3.8) is 0 Å². The van der Waals surface area contributed by atoms with Crippen molar-refractivity contribution < 1.29 is 4.74 Å². The van der Waals surface area contributed by atoms with Gasteiger partial charge in [0.15, 0.2) is 0 Å². The van der Waals surface area contributed by atoms with Gasteiger partial charge in [-0.05, 0) is 32.4 Å². The van der Waals surface area contributed by atoms with E-state index in [9.17, 15) is 0 Å². The lowest BCUT2D eigenvalue weighted by atomic mass is 10.0.